The highest BCUT2D eigenvalue weighted by Crippen LogP contribution is 2.15. The molecule has 0 unspecified atom stereocenters. The van der Waals surface area contributed by atoms with Crippen LogP contribution >= 0.6 is 0 Å². The van der Waals surface area contributed by atoms with Gasteiger partial charge in [0.2, 0.25) is 5.88 Å². The largest absolute Gasteiger partial charge is 0.473 e. The number of rotatable bonds is 3. The molecule has 0 spiro atoms. The molecule has 1 saturated heterocycles. The second kappa shape index (κ2) is 5.63. The monoisotopic (exact) mass is 236 g/mol. The van der Waals surface area contributed by atoms with E-state index in [2.05, 4.69) is 15.0 Å². The van der Waals surface area contributed by atoms with Crippen molar-refractivity contribution in [1.82, 2.24) is 10.3 Å². The lowest BCUT2D eigenvalue weighted by molar-refractivity contribution is 0.0599. The van der Waals surface area contributed by atoms with Crippen LogP contribution in [0.25, 0.3) is 0 Å². The van der Waals surface area contributed by atoms with E-state index in [-0.39, 0.29) is 12.1 Å². The van der Waals surface area contributed by atoms with Gasteiger partial charge in [-0.1, -0.05) is 0 Å². The summed E-state index contributed by atoms with van der Waals surface area (Å²) in [6, 6.07) is 3.22. The molecule has 0 amide bonds. The van der Waals surface area contributed by atoms with Crippen LogP contribution in [0.3, 0.4) is 0 Å². The molecule has 1 aromatic rings. The Bertz CT molecular complexity index is 389. The van der Waals surface area contributed by atoms with Crippen molar-refractivity contribution in [2.24, 2.45) is 0 Å². The maximum atomic E-state index is 11.3. The van der Waals surface area contributed by atoms with E-state index in [9.17, 15) is 4.79 Å². The SMILES string of the molecule is COC(=O)c1ccnc(O[C@H]2CCCNC2)c1. The first kappa shape index (κ1) is 11.9. The van der Waals surface area contributed by atoms with Crippen molar-refractivity contribution in [2.45, 2.75) is 18.9 Å². The van der Waals surface area contributed by atoms with E-state index in [1.807, 2.05) is 0 Å². The van der Waals surface area contributed by atoms with Gasteiger partial charge in [0.15, 0.2) is 0 Å². The average molecular weight is 236 g/mol. The minimum atomic E-state index is -0.376. The van der Waals surface area contributed by atoms with Gasteiger partial charge >= 0.3 is 5.97 Å². The van der Waals surface area contributed by atoms with Gasteiger partial charge in [-0.25, -0.2) is 9.78 Å². The predicted octanol–water partition coefficient (Wildman–Crippen LogP) is 0.999. The Hall–Kier alpha value is -1.62. The first-order valence-electron chi connectivity index (χ1n) is 5.71. The first-order chi connectivity index (χ1) is 8.29. The fourth-order valence-corrected chi connectivity index (χ4v) is 1.81. The van der Waals surface area contributed by atoms with Crippen LogP contribution in [0.4, 0.5) is 0 Å². The Morgan fingerprint density at radius 1 is 1.59 bits per heavy atom. The maximum Gasteiger partial charge on any atom is 0.338 e. The molecule has 1 fully saturated rings. The molecule has 0 bridgehead atoms. The third-order valence-corrected chi connectivity index (χ3v) is 2.70. The Balaban J connectivity index is 2.02. The van der Waals surface area contributed by atoms with E-state index >= 15 is 0 Å². The van der Waals surface area contributed by atoms with E-state index in [1.165, 1.54) is 7.11 Å². The summed E-state index contributed by atoms with van der Waals surface area (Å²) in [5.41, 5.74) is 0.460. The number of hydrogen-bond donors (Lipinski definition) is 1. The Kier molecular flexibility index (Phi) is 3.93. The van der Waals surface area contributed by atoms with Crippen molar-refractivity contribution < 1.29 is 14.3 Å². The normalized spacial score (nSPS) is 19.7. The number of hydrogen-bond acceptors (Lipinski definition) is 5. The summed E-state index contributed by atoms with van der Waals surface area (Å²) in [5, 5.41) is 3.26. The summed E-state index contributed by atoms with van der Waals surface area (Å²) in [4.78, 5) is 15.4. The maximum absolute atomic E-state index is 11.3. The van der Waals surface area contributed by atoms with Gasteiger partial charge < -0.3 is 14.8 Å². The average Bonchev–Trinajstić information content (AvgIpc) is 2.39. The fourth-order valence-electron chi connectivity index (χ4n) is 1.81. The number of piperidine rings is 1. The molecular formula is C12H16N2O3. The molecule has 1 N–H and O–H groups in total. The van der Waals surface area contributed by atoms with Crippen molar-refractivity contribution in [2.75, 3.05) is 20.2 Å². The molecule has 1 aromatic heterocycles. The molecule has 5 nitrogen and oxygen atoms in total. The number of methoxy groups -OCH3 is 1. The lowest BCUT2D eigenvalue weighted by Gasteiger charge is -2.23. The highest BCUT2D eigenvalue weighted by atomic mass is 16.5. The molecule has 1 aliphatic heterocycles. The van der Waals surface area contributed by atoms with Crippen molar-refractivity contribution in [1.29, 1.82) is 0 Å². The van der Waals surface area contributed by atoms with Crippen molar-refractivity contribution in [3.05, 3.63) is 23.9 Å². The van der Waals surface area contributed by atoms with E-state index in [1.54, 1.807) is 18.3 Å². The zero-order chi connectivity index (χ0) is 12.1. The summed E-state index contributed by atoms with van der Waals surface area (Å²) < 4.78 is 10.4. The van der Waals surface area contributed by atoms with Gasteiger partial charge in [0.05, 0.1) is 12.7 Å². The first-order valence-corrected chi connectivity index (χ1v) is 5.71. The molecule has 0 aliphatic carbocycles. The number of ether oxygens (including phenoxy) is 2. The van der Waals surface area contributed by atoms with Crippen molar-refractivity contribution in [3.63, 3.8) is 0 Å². The van der Waals surface area contributed by atoms with Crippen LogP contribution in [0.5, 0.6) is 5.88 Å². The van der Waals surface area contributed by atoms with E-state index in [0.717, 1.165) is 25.9 Å². The van der Waals surface area contributed by atoms with Gasteiger partial charge in [0.1, 0.15) is 6.10 Å². The number of aromatic nitrogens is 1. The number of carbonyl (C=O) groups excluding carboxylic acids is 1. The zero-order valence-electron chi connectivity index (χ0n) is 9.81. The van der Waals surface area contributed by atoms with E-state index in [4.69, 9.17) is 4.74 Å². The molecule has 0 saturated carbocycles. The summed E-state index contributed by atoms with van der Waals surface area (Å²) in [6.45, 7) is 1.86. The molecule has 5 heteroatoms. The molecule has 2 heterocycles. The number of carbonyl (C=O) groups is 1. The van der Waals surface area contributed by atoms with Crippen LogP contribution in [0.2, 0.25) is 0 Å². The van der Waals surface area contributed by atoms with Gasteiger partial charge in [-0.05, 0) is 25.5 Å². The quantitative estimate of drug-likeness (QED) is 0.793. The van der Waals surface area contributed by atoms with Gasteiger partial charge in [-0.2, -0.15) is 0 Å². The lowest BCUT2D eigenvalue weighted by atomic mass is 10.1. The standard InChI is InChI=1S/C12H16N2O3/c1-16-12(15)9-4-6-14-11(7-9)17-10-3-2-5-13-8-10/h4,6-7,10,13H,2-3,5,8H2,1H3/t10-/m0/s1. The molecule has 1 aliphatic rings. The third kappa shape index (κ3) is 3.17. The number of nitrogens with one attached hydrogen (secondary N) is 1. The molecule has 2 rings (SSSR count). The summed E-state index contributed by atoms with van der Waals surface area (Å²) >= 11 is 0. The van der Waals surface area contributed by atoms with Crippen molar-refractivity contribution >= 4 is 5.97 Å². The lowest BCUT2D eigenvalue weighted by Crippen LogP contribution is -2.37. The molecule has 92 valence electrons. The Morgan fingerprint density at radius 2 is 2.47 bits per heavy atom. The minimum absolute atomic E-state index is 0.129. The molecule has 1 atom stereocenters. The Labute approximate surface area is 100 Å². The third-order valence-electron chi connectivity index (χ3n) is 2.70. The highest BCUT2D eigenvalue weighted by Gasteiger charge is 2.15. The van der Waals surface area contributed by atoms with Crippen LogP contribution in [0.15, 0.2) is 18.3 Å². The zero-order valence-corrected chi connectivity index (χ0v) is 9.81. The van der Waals surface area contributed by atoms with Gasteiger partial charge in [-0.15, -0.1) is 0 Å². The number of nitrogens with zero attached hydrogens (tertiary/aromatic N) is 1. The van der Waals surface area contributed by atoms with Gasteiger partial charge in [-0.3, -0.25) is 0 Å². The van der Waals surface area contributed by atoms with E-state index in [0.29, 0.717) is 11.4 Å². The van der Waals surface area contributed by atoms with E-state index < -0.39 is 0 Å². The van der Waals surface area contributed by atoms with Crippen LogP contribution in [-0.2, 0) is 4.74 Å². The van der Waals surface area contributed by atoms with Gasteiger partial charge in [0.25, 0.3) is 0 Å². The van der Waals surface area contributed by atoms with Crippen molar-refractivity contribution in [3.8, 4) is 5.88 Å². The van der Waals surface area contributed by atoms with Crippen LogP contribution in [0, 0.1) is 0 Å². The van der Waals surface area contributed by atoms with Crippen LogP contribution in [0.1, 0.15) is 23.2 Å². The summed E-state index contributed by atoms with van der Waals surface area (Å²) in [5.74, 6) is 0.0978. The molecular weight excluding hydrogens is 220 g/mol. The van der Waals surface area contributed by atoms with Crippen LogP contribution < -0.4 is 10.1 Å². The highest BCUT2D eigenvalue weighted by molar-refractivity contribution is 5.89. The smallest absolute Gasteiger partial charge is 0.338 e. The second-order valence-corrected chi connectivity index (χ2v) is 3.96. The topological polar surface area (TPSA) is 60.5 Å². The number of esters is 1. The minimum Gasteiger partial charge on any atom is -0.473 e. The summed E-state index contributed by atoms with van der Waals surface area (Å²) in [7, 11) is 1.36. The molecule has 17 heavy (non-hydrogen) atoms. The predicted molar refractivity (Wildman–Crippen MR) is 62.1 cm³/mol. The fraction of sp³-hybridized carbons (Fsp3) is 0.500. The summed E-state index contributed by atoms with van der Waals surface area (Å²) in [6.07, 6.45) is 3.79. The van der Waals surface area contributed by atoms with Gasteiger partial charge in [0, 0.05) is 18.8 Å². The molecule has 0 aromatic carbocycles. The Morgan fingerprint density at radius 3 is 3.18 bits per heavy atom. The second-order valence-electron chi connectivity index (χ2n) is 3.96. The number of pyridine rings is 1. The van der Waals surface area contributed by atoms with Crippen LogP contribution in [-0.4, -0.2) is 37.3 Å². The molecule has 0 radical (unpaired) electrons.